The molecule has 184 valence electrons. The first-order valence-electron chi connectivity index (χ1n) is 11.9. The zero-order valence-electron chi connectivity index (χ0n) is 19.8. The fourth-order valence-corrected chi connectivity index (χ4v) is 5.43. The van der Waals surface area contributed by atoms with Gasteiger partial charge in [-0.1, -0.05) is 36.4 Å². The second-order valence-corrected chi connectivity index (χ2v) is 9.26. The Labute approximate surface area is 205 Å². The average molecular weight is 477 g/mol. The fraction of sp³-hybridized carbons (Fsp3) is 0.357. The third-order valence-electron chi connectivity index (χ3n) is 7.34. The van der Waals surface area contributed by atoms with Crippen LogP contribution in [0.4, 0.5) is 0 Å². The Hall–Kier alpha value is -3.26. The molecule has 4 heterocycles. The van der Waals surface area contributed by atoms with Crippen LogP contribution in [0.15, 0.2) is 73.4 Å². The molecule has 3 aromatic rings. The van der Waals surface area contributed by atoms with Crippen LogP contribution in [0, 0.1) is 11.8 Å². The number of aliphatic hydroxyl groups is 2. The van der Waals surface area contributed by atoms with Crippen molar-refractivity contribution in [1.29, 1.82) is 0 Å². The molecule has 0 saturated carbocycles. The number of ether oxygens (including phenoxy) is 1. The van der Waals surface area contributed by atoms with E-state index in [0.29, 0.717) is 17.4 Å². The first kappa shape index (κ1) is 24.9. The highest BCUT2D eigenvalue weighted by Crippen LogP contribution is 2.34. The van der Waals surface area contributed by atoms with Gasteiger partial charge in [0.2, 0.25) is 0 Å². The minimum atomic E-state index is -1.52. The van der Waals surface area contributed by atoms with Gasteiger partial charge in [-0.2, -0.15) is 0 Å². The first-order chi connectivity index (χ1) is 16.9. The molecule has 2 bridgehead atoms. The Morgan fingerprint density at radius 3 is 2.63 bits per heavy atom. The van der Waals surface area contributed by atoms with Crippen LogP contribution in [0.2, 0.25) is 0 Å². The summed E-state index contributed by atoms with van der Waals surface area (Å²) in [7, 11) is 1.67. The lowest BCUT2D eigenvalue weighted by Gasteiger charge is -2.47. The van der Waals surface area contributed by atoms with E-state index in [1.54, 1.807) is 31.5 Å². The van der Waals surface area contributed by atoms with Gasteiger partial charge in [-0.05, 0) is 41.3 Å². The van der Waals surface area contributed by atoms with Crippen LogP contribution in [0.5, 0.6) is 5.75 Å². The van der Waals surface area contributed by atoms with Crippen LogP contribution in [-0.2, 0) is 4.79 Å². The number of carbonyl (C=O) groups is 1. The van der Waals surface area contributed by atoms with Crippen molar-refractivity contribution >= 4 is 16.9 Å². The number of aromatic nitrogens is 1. The number of hydrogen-bond acceptors (Lipinski definition) is 6. The SMILES string of the molecule is C=C[C@H]1C[NH+]2CC[C@H]1C[C@H]2[C@H](O)c1ccnc2ccc(OC)cc12.O=C([O-])[C@@H](O)c1ccccc1. The van der Waals surface area contributed by atoms with Crippen LogP contribution in [0.25, 0.3) is 10.9 Å². The number of pyridine rings is 1. The highest BCUT2D eigenvalue weighted by Gasteiger charge is 2.45. The summed E-state index contributed by atoms with van der Waals surface area (Å²) in [6, 6.07) is 16.2. The summed E-state index contributed by atoms with van der Waals surface area (Å²) in [5.74, 6) is 0.596. The minimum Gasteiger partial charge on any atom is -0.547 e. The van der Waals surface area contributed by atoms with Gasteiger partial charge >= 0.3 is 0 Å². The van der Waals surface area contributed by atoms with Crippen LogP contribution >= 0.6 is 0 Å². The third kappa shape index (κ3) is 5.37. The molecule has 6 rings (SSSR count). The molecule has 3 aliphatic heterocycles. The van der Waals surface area contributed by atoms with E-state index >= 15 is 0 Å². The van der Waals surface area contributed by atoms with Crippen molar-refractivity contribution in [1.82, 2.24) is 4.98 Å². The Kier molecular flexibility index (Phi) is 7.80. The summed E-state index contributed by atoms with van der Waals surface area (Å²) in [6.07, 6.45) is 4.24. The summed E-state index contributed by atoms with van der Waals surface area (Å²) >= 11 is 0. The quantitative estimate of drug-likeness (QED) is 0.462. The number of nitrogens with one attached hydrogen (secondary N) is 1. The standard InChI is InChI=1S/C20H24N2O2.C8H8O3/c1-3-13-12-22-9-7-14(13)10-19(22)20(23)16-6-8-21-18-5-4-15(24-2)11-17(16)18;9-7(8(10)11)6-4-2-1-3-5-6/h3-6,8,11,13-14,19-20,23H,1,7,9-10,12H2,2H3;1-5,7,9H,(H,10,11)/t13-,14-,19-,20+;7-/m00/s1. The molecule has 1 unspecified atom stereocenters. The number of quaternary nitrogens is 1. The maximum atomic E-state index is 11.2. The number of carbonyl (C=O) groups excluding carboxylic acids is 1. The van der Waals surface area contributed by atoms with Crippen molar-refractivity contribution in [3.05, 3.63) is 84.6 Å². The van der Waals surface area contributed by atoms with Crippen molar-refractivity contribution in [3.8, 4) is 5.75 Å². The van der Waals surface area contributed by atoms with Gasteiger partial charge in [0, 0.05) is 30.3 Å². The number of hydrogen-bond donors (Lipinski definition) is 3. The van der Waals surface area contributed by atoms with Gasteiger partial charge in [-0.25, -0.2) is 0 Å². The molecule has 6 atom stereocenters. The van der Waals surface area contributed by atoms with Gasteiger partial charge in [-0.15, -0.1) is 6.58 Å². The number of benzene rings is 2. The van der Waals surface area contributed by atoms with E-state index in [1.807, 2.05) is 24.3 Å². The Morgan fingerprint density at radius 2 is 2.00 bits per heavy atom. The largest absolute Gasteiger partial charge is 0.547 e. The normalized spacial score (nSPS) is 24.7. The molecule has 3 aliphatic rings. The molecule has 3 N–H and O–H groups in total. The van der Waals surface area contributed by atoms with Gasteiger partial charge in [0.1, 0.15) is 24.0 Å². The second-order valence-electron chi connectivity index (χ2n) is 9.26. The monoisotopic (exact) mass is 476 g/mol. The lowest BCUT2D eigenvalue weighted by molar-refractivity contribution is -0.949. The number of aliphatic carboxylic acids is 1. The average Bonchev–Trinajstić information content (AvgIpc) is 2.92. The predicted molar refractivity (Wildman–Crippen MR) is 131 cm³/mol. The molecular formula is C28H32N2O5. The summed E-state index contributed by atoms with van der Waals surface area (Å²) < 4.78 is 5.35. The van der Waals surface area contributed by atoms with Crippen LogP contribution < -0.4 is 14.7 Å². The van der Waals surface area contributed by atoms with E-state index in [1.165, 1.54) is 23.5 Å². The number of carboxylic acids is 1. The number of piperidine rings is 3. The third-order valence-corrected chi connectivity index (χ3v) is 7.34. The zero-order chi connectivity index (χ0) is 24.9. The molecule has 7 heteroatoms. The molecule has 7 nitrogen and oxygen atoms in total. The molecule has 0 amide bonds. The highest BCUT2D eigenvalue weighted by molar-refractivity contribution is 5.83. The molecule has 35 heavy (non-hydrogen) atoms. The zero-order valence-corrected chi connectivity index (χ0v) is 19.8. The number of aliphatic hydroxyl groups excluding tert-OH is 2. The molecule has 3 fully saturated rings. The van der Waals surface area contributed by atoms with Gasteiger partial charge in [0.05, 0.1) is 31.7 Å². The topological polar surface area (TPSA) is 107 Å². The Bertz CT molecular complexity index is 1170. The predicted octanol–water partition coefficient (Wildman–Crippen LogP) is 1.23. The number of carboxylic acid groups (broad SMARTS) is 1. The maximum Gasteiger partial charge on any atom is 0.131 e. The number of rotatable bonds is 6. The molecule has 0 aliphatic carbocycles. The van der Waals surface area contributed by atoms with E-state index in [-0.39, 0.29) is 6.04 Å². The van der Waals surface area contributed by atoms with Gasteiger partial charge in [0.25, 0.3) is 0 Å². The van der Waals surface area contributed by atoms with E-state index in [2.05, 4.69) is 17.6 Å². The van der Waals surface area contributed by atoms with E-state index < -0.39 is 18.2 Å². The van der Waals surface area contributed by atoms with Crippen molar-refractivity contribution in [2.75, 3.05) is 20.2 Å². The lowest BCUT2D eigenvalue weighted by Crippen LogP contribution is -3.20. The van der Waals surface area contributed by atoms with Gasteiger partial charge in [0.15, 0.2) is 0 Å². The van der Waals surface area contributed by atoms with Crippen LogP contribution in [0.3, 0.4) is 0 Å². The summed E-state index contributed by atoms with van der Waals surface area (Å²) in [5, 5.41) is 31.2. The summed E-state index contributed by atoms with van der Waals surface area (Å²) in [4.78, 5) is 16.1. The van der Waals surface area contributed by atoms with Crippen LogP contribution in [0.1, 0.15) is 36.2 Å². The van der Waals surface area contributed by atoms with E-state index in [0.717, 1.165) is 41.7 Å². The maximum absolute atomic E-state index is 11.2. The van der Waals surface area contributed by atoms with Crippen molar-refractivity contribution in [3.63, 3.8) is 0 Å². The van der Waals surface area contributed by atoms with Gasteiger partial charge < -0.3 is 29.8 Å². The van der Waals surface area contributed by atoms with Crippen molar-refractivity contribution in [2.45, 2.75) is 31.1 Å². The first-order valence-corrected chi connectivity index (χ1v) is 11.9. The van der Waals surface area contributed by atoms with E-state index in [4.69, 9.17) is 9.84 Å². The second kappa shape index (κ2) is 11.0. The Morgan fingerprint density at radius 1 is 1.23 bits per heavy atom. The molecule has 2 aromatic carbocycles. The van der Waals surface area contributed by atoms with Gasteiger partial charge in [-0.3, -0.25) is 4.98 Å². The number of nitrogens with zero attached hydrogens (tertiary/aromatic N) is 1. The molecule has 1 aromatic heterocycles. The molecule has 0 spiro atoms. The minimum absolute atomic E-state index is 0.261. The van der Waals surface area contributed by atoms with E-state index in [9.17, 15) is 15.0 Å². The smallest absolute Gasteiger partial charge is 0.131 e. The highest BCUT2D eigenvalue weighted by atomic mass is 16.5. The van der Waals surface area contributed by atoms with Crippen molar-refractivity contribution in [2.24, 2.45) is 11.8 Å². The van der Waals surface area contributed by atoms with Crippen molar-refractivity contribution < 1.29 is 29.8 Å². The number of methoxy groups -OCH3 is 1. The van der Waals surface area contributed by atoms with Crippen LogP contribution in [-0.4, -0.2) is 47.4 Å². The molecular weight excluding hydrogens is 444 g/mol. The Balaban J connectivity index is 0.000000221. The number of fused-ring (bicyclic) bond motifs is 4. The molecule has 3 saturated heterocycles. The summed E-state index contributed by atoms with van der Waals surface area (Å²) in [6.45, 7) is 6.25. The fourth-order valence-electron chi connectivity index (χ4n) is 5.43. The molecule has 0 radical (unpaired) electrons. The lowest BCUT2D eigenvalue weighted by atomic mass is 9.73. The summed E-state index contributed by atoms with van der Waals surface area (Å²) in [5.41, 5.74) is 2.22.